The second-order valence-corrected chi connectivity index (χ2v) is 14.2. The Morgan fingerprint density at radius 3 is 2.42 bits per heavy atom. The molecule has 0 radical (unpaired) electrons. The highest BCUT2D eigenvalue weighted by molar-refractivity contribution is 7.86. The highest BCUT2D eigenvalue weighted by Gasteiger charge is 2.19. The van der Waals surface area contributed by atoms with Crippen LogP contribution >= 0.6 is 0 Å². The van der Waals surface area contributed by atoms with Crippen LogP contribution in [-0.2, 0) is 10.1 Å². The van der Waals surface area contributed by atoms with Crippen molar-refractivity contribution in [2.24, 2.45) is 5.92 Å². The maximum absolute atomic E-state index is 12.1. The number of carbonyl (C=O) groups is 1. The molecule has 0 saturated carbocycles. The van der Waals surface area contributed by atoms with Crippen molar-refractivity contribution in [1.82, 2.24) is 10.6 Å². The van der Waals surface area contributed by atoms with Crippen molar-refractivity contribution in [1.29, 1.82) is 0 Å². The summed E-state index contributed by atoms with van der Waals surface area (Å²) in [6.45, 7) is 11.1. The topological polar surface area (TPSA) is 95.5 Å². The lowest BCUT2D eigenvalue weighted by Gasteiger charge is -2.21. The average molecular weight is 373 g/mol. The Morgan fingerprint density at radius 1 is 1.21 bits per heavy atom. The summed E-state index contributed by atoms with van der Waals surface area (Å²) in [4.78, 5) is 11.7. The van der Waals surface area contributed by atoms with Gasteiger partial charge in [-0.2, -0.15) is 8.42 Å². The van der Waals surface area contributed by atoms with Gasteiger partial charge < -0.3 is 10.6 Å². The molecule has 136 valence electrons. The van der Waals surface area contributed by atoms with Crippen LogP contribution in [-0.4, -0.2) is 46.6 Å². The van der Waals surface area contributed by atoms with Gasteiger partial charge in [-0.15, -0.1) is 0 Å². The van der Waals surface area contributed by atoms with Gasteiger partial charge in [0, 0.05) is 21.2 Å². The van der Waals surface area contributed by atoms with E-state index in [1.165, 1.54) is 24.2 Å². The Hall–Kier alpha value is -1.22. The number of rotatable bonds is 9. The molecule has 24 heavy (non-hydrogen) atoms. The molecule has 0 aliphatic rings. The molecule has 1 atom stereocenters. The zero-order chi connectivity index (χ0) is 18.4. The molecule has 0 spiro atoms. The van der Waals surface area contributed by atoms with Crippen LogP contribution in [0.1, 0.15) is 17.3 Å². The first-order valence-electron chi connectivity index (χ1n) is 8.06. The molecule has 0 aliphatic carbocycles. The predicted molar refractivity (Wildman–Crippen MR) is 98.8 cm³/mol. The van der Waals surface area contributed by atoms with Gasteiger partial charge in [-0.3, -0.25) is 9.35 Å². The Labute approximate surface area is 145 Å². The van der Waals surface area contributed by atoms with Crippen molar-refractivity contribution >= 4 is 24.1 Å². The number of carbonyl (C=O) groups excluding carboxylic acids is 1. The van der Waals surface area contributed by atoms with E-state index in [-0.39, 0.29) is 10.5 Å². The monoisotopic (exact) mass is 372 g/mol. The molecule has 1 amide bonds. The van der Waals surface area contributed by atoms with E-state index in [9.17, 15) is 13.2 Å². The van der Waals surface area contributed by atoms with Gasteiger partial charge in [-0.1, -0.05) is 44.7 Å². The molecule has 1 rings (SSSR count). The van der Waals surface area contributed by atoms with E-state index in [0.717, 1.165) is 6.54 Å². The second kappa shape index (κ2) is 8.75. The summed E-state index contributed by atoms with van der Waals surface area (Å²) in [5.74, 6) is 0.0767. The molecule has 1 unspecified atom stereocenters. The van der Waals surface area contributed by atoms with Crippen LogP contribution in [0.4, 0.5) is 0 Å². The van der Waals surface area contributed by atoms with E-state index in [0.29, 0.717) is 19.0 Å². The molecule has 1 aromatic rings. The third-order valence-corrected chi connectivity index (χ3v) is 6.28. The van der Waals surface area contributed by atoms with Gasteiger partial charge in [-0.25, -0.2) is 0 Å². The zero-order valence-electron chi connectivity index (χ0n) is 14.8. The van der Waals surface area contributed by atoms with Gasteiger partial charge in [-0.05, 0) is 24.6 Å². The van der Waals surface area contributed by atoms with E-state index in [1.54, 1.807) is 6.07 Å². The van der Waals surface area contributed by atoms with Crippen LogP contribution in [0.2, 0.25) is 25.7 Å². The molecule has 3 N–H and O–H groups in total. The number of benzene rings is 1. The molecule has 1 aromatic carbocycles. The first-order chi connectivity index (χ1) is 11.0. The van der Waals surface area contributed by atoms with Gasteiger partial charge in [0.1, 0.15) is 4.90 Å². The summed E-state index contributed by atoms with van der Waals surface area (Å²) in [7, 11) is -5.48. The number of nitrogens with one attached hydrogen (secondary N) is 2. The quantitative estimate of drug-likeness (QED) is 0.351. The van der Waals surface area contributed by atoms with E-state index in [1.807, 2.05) is 0 Å². The van der Waals surface area contributed by atoms with Crippen molar-refractivity contribution < 1.29 is 17.8 Å². The minimum Gasteiger partial charge on any atom is -0.351 e. The standard InChI is InChI=1S/C16H28N2O4SSi/c1-13(12-24(2,3)4)11-17-9-10-18-16(19)14-7-5-6-8-15(14)23(20,21)22/h5-8,13,17H,9-12H2,1-4H3,(H,18,19)(H,20,21,22). The fourth-order valence-corrected chi connectivity index (χ4v) is 5.63. The highest BCUT2D eigenvalue weighted by atomic mass is 32.2. The summed E-state index contributed by atoms with van der Waals surface area (Å²) in [6, 6.07) is 6.85. The molecule has 0 bridgehead atoms. The van der Waals surface area contributed by atoms with Crippen molar-refractivity contribution in [3.63, 3.8) is 0 Å². The van der Waals surface area contributed by atoms with Crippen LogP contribution in [0.15, 0.2) is 29.2 Å². The molecule has 8 heteroatoms. The fraction of sp³-hybridized carbons (Fsp3) is 0.562. The molecular weight excluding hydrogens is 344 g/mol. The van der Waals surface area contributed by atoms with Crippen LogP contribution < -0.4 is 10.6 Å². The van der Waals surface area contributed by atoms with Gasteiger partial charge in [0.05, 0.1) is 5.56 Å². The molecule has 6 nitrogen and oxygen atoms in total. The van der Waals surface area contributed by atoms with Crippen LogP contribution in [0.25, 0.3) is 0 Å². The molecular formula is C16H28N2O4SSi. The second-order valence-electron chi connectivity index (χ2n) is 7.30. The predicted octanol–water partition coefficient (Wildman–Crippen LogP) is 2.23. The summed E-state index contributed by atoms with van der Waals surface area (Å²) < 4.78 is 31.7. The highest BCUT2D eigenvalue weighted by Crippen LogP contribution is 2.16. The normalized spacial score (nSPS) is 13.5. The van der Waals surface area contributed by atoms with Gasteiger partial charge >= 0.3 is 0 Å². The summed E-state index contributed by atoms with van der Waals surface area (Å²) in [6.07, 6.45) is 0. The van der Waals surface area contributed by atoms with Gasteiger partial charge in [0.15, 0.2) is 0 Å². The van der Waals surface area contributed by atoms with Crippen LogP contribution in [0.5, 0.6) is 0 Å². The summed E-state index contributed by atoms with van der Waals surface area (Å²) in [5, 5.41) is 5.96. The third-order valence-electron chi connectivity index (χ3n) is 3.45. The minimum absolute atomic E-state index is 0.0490. The summed E-state index contributed by atoms with van der Waals surface area (Å²) in [5.41, 5.74) is -0.0490. The Bertz CT molecular complexity index is 656. The smallest absolute Gasteiger partial charge is 0.295 e. The minimum atomic E-state index is -4.42. The van der Waals surface area contributed by atoms with Crippen LogP contribution in [0.3, 0.4) is 0 Å². The molecule has 0 fully saturated rings. The van der Waals surface area contributed by atoms with Crippen LogP contribution in [0, 0.1) is 5.92 Å². The number of amides is 1. The fourth-order valence-electron chi connectivity index (χ4n) is 2.70. The first kappa shape index (κ1) is 20.8. The molecule has 0 aromatic heterocycles. The third kappa shape index (κ3) is 7.56. The number of hydrogen-bond donors (Lipinski definition) is 3. The van der Waals surface area contributed by atoms with E-state index in [4.69, 9.17) is 4.55 Å². The average Bonchev–Trinajstić information content (AvgIpc) is 2.44. The van der Waals surface area contributed by atoms with Crippen molar-refractivity contribution in [3.8, 4) is 0 Å². The molecule has 0 heterocycles. The van der Waals surface area contributed by atoms with Gasteiger partial charge in [0.25, 0.3) is 16.0 Å². The van der Waals surface area contributed by atoms with Crippen molar-refractivity contribution in [2.45, 2.75) is 37.5 Å². The zero-order valence-corrected chi connectivity index (χ0v) is 16.6. The lowest BCUT2D eigenvalue weighted by Crippen LogP contribution is -2.35. The Kier molecular flexibility index (Phi) is 7.59. The van der Waals surface area contributed by atoms with Crippen molar-refractivity contribution in [3.05, 3.63) is 29.8 Å². The van der Waals surface area contributed by atoms with E-state index in [2.05, 4.69) is 37.2 Å². The maximum Gasteiger partial charge on any atom is 0.295 e. The first-order valence-corrected chi connectivity index (χ1v) is 13.2. The number of hydrogen-bond acceptors (Lipinski definition) is 4. The molecule has 0 aliphatic heterocycles. The lowest BCUT2D eigenvalue weighted by atomic mass is 10.2. The Balaban J connectivity index is 2.43. The summed E-state index contributed by atoms with van der Waals surface area (Å²) >= 11 is 0. The van der Waals surface area contributed by atoms with E-state index < -0.39 is 24.1 Å². The molecule has 0 saturated heterocycles. The lowest BCUT2D eigenvalue weighted by molar-refractivity contribution is 0.0950. The van der Waals surface area contributed by atoms with E-state index >= 15 is 0 Å². The SMILES string of the molecule is CC(CNCCNC(=O)c1ccccc1S(=O)(=O)O)C[Si](C)(C)C. The van der Waals surface area contributed by atoms with Gasteiger partial charge in [0.2, 0.25) is 0 Å². The van der Waals surface area contributed by atoms with Crippen molar-refractivity contribution in [2.75, 3.05) is 19.6 Å². The Morgan fingerprint density at radius 2 is 1.83 bits per heavy atom. The maximum atomic E-state index is 12.1. The largest absolute Gasteiger partial charge is 0.351 e.